The molecule has 0 saturated heterocycles. The van der Waals surface area contributed by atoms with E-state index in [0.29, 0.717) is 0 Å². The second-order valence-electron chi connectivity index (χ2n) is 38.3. The van der Waals surface area contributed by atoms with Gasteiger partial charge in [-0.1, -0.05) is 382 Å². The Morgan fingerprint density at radius 3 is 0.852 bits per heavy atom. The highest BCUT2D eigenvalue weighted by Gasteiger charge is 2.30. The highest BCUT2D eigenvalue weighted by Crippen LogP contribution is 2.55. The summed E-state index contributed by atoms with van der Waals surface area (Å²) in [5, 5.41) is 26.5. The summed E-state index contributed by atoms with van der Waals surface area (Å²) < 4.78 is 28.0. The van der Waals surface area contributed by atoms with E-state index >= 15 is 0 Å². The van der Waals surface area contributed by atoms with Crippen molar-refractivity contribution < 1.29 is 13.3 Å². The third kappa shape index (κ3) is 15.0. The van der Waals surface area contributed by atoms with Crippen LogP contribution in [0.15, 0.2) is 541 Å². The van der Waals surface area contributed by atoms with Crippen molar-refractivity contribution in [3.05, 3.63) is 528 Å². The van der Waals surface area contributed by atoms with Gasteiger partial charge in [-0.25, -0.2) is 0 Å². The van der Waals surface area contributed by atoms with Crippen molar-refractivity contribution in [2.75, 3.05) is 14.7 Å². The van der Waals surface area contributed by atoms with Gasteiger partial charge in [0.25, 0.3) is 0 Å². The minimum atomic E-state index is 0.859. The molecule has 149 heavy (non-hydrogen) atoms. The lowest BCUT2D eigenvalue weighted by molar-refractivity contribution is 0.669. The zero-order valence-corrected chi connectivity index (χ0v) is 83.0. The molecule has 6 heterocycles. The lowest BCUT2D eigenvalue weighted by atomic mass is 9.94. The van der Waals surface area contributed by atoms with E-state index < -0.39 is 0 Å². The second kappa shape index (κ2) is 36.2. The second-order valence-corrected chi connectivity index (χ2v) is 41.5. The Bertz CT molecular complexity index is 10700. The molecule has 6 nitrogen and oxygen atoms in total. The van der Waals surface area contributed by atoms with Crippen LogP contribution >= 0.6 is 34.0 Å². The van der Waals surface area contributed by atoms with Crippen LogP contribution in [0.3, 0.4) is 0 Å². The molecule has 0 aliphatic heterocycles. The number of rotatable bonds is 14. The lowest BCUT2D eigenvalue weighted by Gasteiger charge is -2.28. The Balaban J connectivity index is 0.000000106. The van der Waals surface area contributed by atoms with Crippen LogP contribution in [0.4, 0.5) is 51.2 Å². The van der Waals surface area contributed by atoms with Crippen molar-refractivity contribution in [1.82, 2.24) is 0 Å². The van der Waals surface area contributed by atoms with E-state index in [4.69, 9.17) is 13.3 Å². The van der Waals surface area contributed by atoms with Crippen LogP contribution in [-0.2, 0) is 0 Å². The maximum Gasteiger partial charge on any atom is 0.159 e. The first-order chi connectivity index (χ1) is 73.9. The van der Waals surface area contributed by atoms with Gasteiger partial charge in [-0.05, 0) is 234 Å². The van der Waals surface area contributed by atoms with E-state index in [1.807, 2.05) is 52.2 Å². The number of benzene rings is 25. The van der Waals surface area contributed by atoms with E-state index in [9.17, 15) is 0 Å². The van der Waals surface area contributed by atoms with E-state index in [2.05, 4.69) is 524 Å². The summed E-state index contributed by atoms with van der Waals surface area (Å²) in [4.78, 5) is 7.18. The van der Waals surface area contributed by atoms with Gasteiger partial charge in [-0.3, -0.25) is 0 Å². The number of thiophene rings is 3. The Kier molecular flexibility index (Phi) is 21.1. The first kappa shape index (κ1) is 86.9. The number of hydrogen-bond acceptors (Lipinski definition) is 9. The Morgan fingerprint density at radius 1 is 0.134 bits per heavy atom. The van der Waals surface area contributed by atoms with Crippen LogP contribution in [0.25, 0.3) is 236 Å². The zero-order chi connectivity index (χ0) is 98.1. The third-order valence-electron chi connectivity index (χ3n) is 29.8. The van der Waals surface area contributed by atoms with Gasteiger partial charge in [0.05, 0.1) is 39.8 Å². The van der Waals surface area contributed by atoms with Crippen molar-refractivity contribution in [3.8, 4) is 55.6 Å². The van der Waals surface area contributed by atoms with Gasteiger partial charge in [0, 0.05) is 126 Å². The molecule has 0 aliphatic rings. The topological polar surface area (TPSA) is 49.1 Å². The van der Waals surface area contributed by atoms with Crippen molar-refractivity contribution in [1.29, 1.82) is 0 Å². The first-order valence-electron chi connectivity index (χ1n) is 50.5. The molecule has 0 fully saturated rings. The summed E-state index contributed by atoms with van der Waals surface area (Å²) in [6, 6.07) is 190. The molecule has 698 valence electrons. The van der Waals surface area contributed by atoms with Crippen molar-refractivity contribution in [3.63, 3.8) is 0 Å². The van der Waals surface area contributed by atoms with Crippen LogP contribution in [0.5, 0.6) is 0 Å². The van der Waals surface area contributed by atoms with Gasteiger partial charge in [0.1, 0.15) is 16.7 Å². The average molecular weight is 1960 g/mol. The summed E-state index contributed by atoms with van der Waals surface area (Å²) in [6.07, 6.45) is 0. The monoisotopic (exact) mass is 1950 g/mol. The smallest absolute Gasteiger partial charge is 0.159 e. The molecule has 6 aromatic heterocycles. The maximum absolute atomic E-state index is 6.77. The fraction of sp³-hybridized carbons (Fsp3) is 0. The summed E-state index contributed by atoms with van der Waals surface area (Å²) in [7, 11) is 0. The molecule has 0 aliphatic carbocycles. The molecule has 0 amide bonds. The fourth-order valence-electron chi connectivity index (χ4n) is 22.9. The van der Waals surface area contributed by atoms with Gasteiger partial charge in [-0.2, -0.15) is 0 Å². The predicted molar refractivity (Wildman–Crippen MR) is 639 cm³/mol. The summed E-state index contributed by atoms with van der Waals surface area (Å²) in [5.41, 5.74) is 26.8. The molecule has 0 atom stereocenters. The van der Waals surface area contributed by atoms with Crippen LogP contribution in [0.1, 0.15) is 0 Å². The number of furan rings is 3. The van der Waals surface area contributed by atoms with Crippen molar-refractivity contribution in [2.45, 2.75) is 0 Å². The van der Waals surface area contributed by atoms with Crippen molar-refractivity contribution >= 4 is 265 Å². The molecule has 25 aromatic carbocycles. The first-order valence-corrected chi connectivity index (χ1v) is 53.0. The molecular weight excluding hydrogens is 1870 g/mol. The molecule has 0 radical (unpaired) electrons. The van der Waals surface area contributed by atoms with Crippen molar-refractivity contribution in [2.24, 2.45) is 0 Å². The molecule has 31 rings (SSSR count). The molecule has 0 N–H and O–H groups in total. The van der Waals surface area contributed by atoms with E-state index in [1.54, 1.807) is 0 Å². The van der Waals surface area contributed by atoms with Gasteiger partial charge < -0.3 is 28.0 Å². The van der Waals surface area contributed by atoms with Crippen LogP contribution in [0, 0.1) is 0 Å². The number of fused-ring (bicyclic) bond motifs is 23. The minimum Gasteiger partial charge on any atom is -0.454 e. The maximum atomic E-state index is 6.77. The van der Waals surface area contributed by atoms with E-state index in [0.717, 1.165) is 134 Å². The van der Waals surface area contributed by atoms with Gasteiger partial charge in [0.2, 0.25) is 0 Å². The van der Waals surface area contributed by atoms with Gasteiger partial charge in [-0.15, -0.1) is 34.0 Å². The summed E-state index contributed by atoms with van der Waals surface area (Å²) in [5.74, 6) is 0. The number of hydrogen-bond donors (Lipinski definition) is 0. The Hall–Kier alpha value is -18.7. The number of nitrogens with zero attached hydrogens (tertiary/aromatic N) is 3. The molecule has 9 heteroatoms. The third-order valence-corrected chi connectivity index (χ3v) is 33.2. The normalized spacial score (nSPS) is 11.8. The van der Waals surface area contributed by atoms with Crippen LogP contribution in [0.2, 0.25) is 0 Å². The average Bonchev–Trinajstić information content (AvgIpc) is 1.25. The Morgan fingerprint density at radius 2 is 0.430 bits per heavy atom. The quantitative estimate of drug-likeness (QED) is 0.108. The largest absolute Gasteiger partial charge is 0.454 e. The molecule has 0 unspecified atom stereocenters. The zero-order valence-electron chi connectivity index (χ0n) is 80.5. The number of para-hydroxylation sites is 6. The standard InChI is InChI=1S/C52H33NOS.2C44H27NOS/c1-3-14-34(15-4-1)37-30-38(35-16-5-2-6-17-35)32-39(31-37)53(48-23-13-22-45-43-20-9-11-24-49(43)54-52(45)48)47-28-27-40(41-18-7-8-19-42(41)47)36-26-29-51-46(33-36)44-21-10-12-25-50(44)55-51;1-2-13-31-28(11-1)12-9-19-38(31)45(40-20-10-18-36-34-16-5-7-21-41(34)46-44(36)40)39-25-24-30(32-14-3-4-15-33(32)39)29-23-26-43-37(27-29)35-17-6-8-22-42(35)47-43;1-2-11-29-26-31(22-20-28(29)10-1)45(40-17-9-16-37-35-14-5-7-18-41(35)46-44(37)40)39-24-23-32(33-12-3-4-13-34(33)39)30-21-25-43-38(27-30)36-15-6-8-19-42(36)47-43/h1-33H;2*1-27H. The molecule has 0 saturated carbocycles. The summed E-state index contributed by atoms with van der Waals surface area (Å²) in [6.45, 7) is 0. The van der Waals surface area contributed by atoms with Crippen LogP contribution in [-0.4, -0.2) is 0 Å². The number of anilines is 9. The van der Waals surface area contributed by atoms with Gasteiger partial charge in [0.15, 0.2) is 16.7 Å². The highest BCUT2D eigenvalue weighted by atomic mass is 32.1. The highest BCUT2D eigenvalue weighted by molar-refractivity contribution is 7.26. The summed E-state index contributed by atoms with van der Waals surface area (Å²) >= 11 is 5.57. The lowest BCUT2D eigenvalue weighted by Crippen LogP contribution is -2.11. The minimum absolute atomic E-state index is 0.859. The van der Waals surface area contributed by atoms with Crippen LogP contribution < -0.4 is 14.7 Å². The molecule has 0 bridgehead atoms. The Labute approximate surface area is 869 Å². The SMILES string of the molecule is c1ccc(-c2cc(-c3ccccc3)cc(N(c3ccc(-c4ccc5sc6ccccc6c5c4)c4ccccc34)c3cccc4c3oc3ccccc34)c2)cc1.c1ccc2c(N(c3ccc(-c4ccc5sc6ccccc6c5c4)c4ccccc34)c3cccc4c3oc3ccccc34)cccc2c1.c1ccc2cc(N(c3ccc(-c4ccc5sc6ccccc6c5c4)c4ccccc34)c3cccc4c3oc3ccccc34)ccc2c1. The predicted octanol–water partition coefficient (Wildman–Crippen LogP) is 42.4. The molecule has 0 spiro atoms. The van der Waals surface area contributed by atoms with E-state index in [-0.39, 0.29) is 0 Å². The fourth-order valence-corrected chi connectivity index (χ4v) is 26.1. The van der Waals surface area contributed by atoms with Gasteiger partial charge >= 0.3 is 0 Å². The van der Waals surface area contributed by atoms with E-state index in [1.165, 1.54) is 154 Å². The molecule has 31 aromatic rings. The molecular formula is C140H87N3O3S3.